The van der Waals surface area contributed by atoms with E-state index in [2.05, 4.69) is 16.8 Å². The molecule has 19 heavy (non-hydrogen) atoms. The Morgan fingerprint density at radius 1 is 1.53 bits per heavy atom. The molecule has 1 aromatic heterocycles. The van der Waals surface area contributed by atoms with Gasteiger partial charge >= 0.3 is 6.55 Å². The second-order valence-corrected chi connectivity index (χ2v) is 5.19. The lowest BCUT2D eigenvalue weighted by molar-refractivity contribution is 0.0565. The van der Waals surface area contributed by atoms with Crippen LogP contribution in [0.2, 0.25) is 0 Å². The minimum Gasteiger partial charge on any atom is -0.329 e. The van der Waals surface area contributed by atoms with Crippen molar-refractivity contribution in [3.8, 4) is 0 Å². The molecule has 2 atom stereocenters. The molecule has 0 radical (unpaired) electrons. The van der Waals surface area contributed by atoms with Crippen molar-refractivity contribution in [3.63, 3.8) is 0 Å². The van der Waals surface area contributed by atoms with E-state index in [9.17, 15) is 8.78 Å². The van der Waals surface area contributed by atoms with Gasteiger partial charge in [-0.3, -0.25) is 9.47 Å². The van der Waals surface area contributed by atoms with Crippen LogP contribution in [0.1, 0.15) is 38.6 Å². The van der Waals surface area contributed by atoms with Crippen molar-refractivity contribution in [2.75, 3.05) is 13.1 Å². The van der Waals surface area contributed by atoms with Crippen molar-refractivity contribution in [2.24, 2.45) is 11.7 Å². The lowest BCUT2D eigenvalue weighted by Gasteiger charge is -2.38. The molecule has 1 aliphatic heterocycles. The van der Waals surface area contributed by atoms with E-state index in [1.807, 2.05) is 0 Å². The number of nitrogens with two attached hydrogens (primary N) is 1. The molecule has 2 rings (SSSR count). The molecule has 0 aromatic carbocycles. The predicted octanol–water partition coefficient (Wildman–Crippen LogP) is 2.23. The third kappa shape index (κ3) is 3.30. The van der Waals surface area contributed by atoms with E-state index in [1.165, 1.54) is 12.4 Å². The monoisotopic (exact) mass is 272 g/mol. The zero-order chi connectivity index (χ0) is 13.8. The normalized spacial score (nSPS) is 25.1. The molecule has 0 amide bonds. The Labute approximate surface area is 112 Å². The minimum atomic E-state index is -2.53. The van der Waals surface area contributed by atoms with Gasteiger partial charge in [-0.25, -0.2) is 4.98 Å². The fourth-order valence-electron chi connectivity index (χ4n) is 2.83. The quantitative estimate of drug-likeness (QED) is 0.894. The number of likely N-dealkylation sites (tertiary alicyclic amines) is 1. The number of piperidine rings is 1. The number of nitrogens with zero attached hydrogens (tertiary/aromatic N) is 3. The summed E-state index contributed by atoms with van der Waals surface area (Å²) in [6.45, 7) is 1.61. The SMILES string of the molecule is CCC1CCN(Cc2nccn2C(F)F)C(CN)C1. The van der Waals surface area contributed by atoms with Gasteiger partial charge in [-0.05, 0) is 25.3 Å². The van der Waals surface area contributed by atoms with Gasteiger partial charge < -0.3 is 5.73 Å². The molecule has 6 heteroatoms. The number of rotatable bonds is 5. The Hall–Kier alpha value is -1.01. The molecule has 4 nitrogen and oxygen atoms in total. The maximum absolute atomic E-state index is 12.8. The van der Waals surface area contributed by atoms with E-state index in [1.54, 1.807) is 0 Å². The van der Waals surface area contributed by atoms with E-state index in [0.29, 0.717) is 24.8 Å². The van der Waals surface area contributed by atoms with Crippen LogP contribution in [0, 0.1) is 5.92 Å². The van der Waals surface area contributed by atoms with E-state index >= 15 is 0 Å². The second kappa shape index (κ2) is 6.43. The molecule has 1 aliphatic rings. The highest BCUT2D eigenvalue weighted by molar-refractivity contribution is 4.95. The summed E-state index contributed by atoms with van der Waals surface area (Å²) in [5, 5.41) is 0. The topological polar surface area (TPSA) is 47.1 Å². The van der Waals surface area contributed by atoms with Crippen LogP contribution < -0.4 is 5.73 Å². The number of hydrogen-bond acceptors (Lipinski definition) is 3. The van der Waals surface area contributed by atoms with Gasteiger partial charge in [0.15, 0.2) is 0 Å². The van der Waals surface area contributed by atoms with Gasteiger partial charge in [-0.1, -0.05) is 13.3 Å². The standard InChI is InChI=1S/C13H22F2N4/c1-2-10-3-5-18(11(7-10)8-16)9-12-17-4-6-19(12)13(14)15/h4,6,10-11,13H,2-3,5,7-9,16H2,1H3. The highest BCUT2D eigenvalue weighted by atomic mass is 19.3. The highest BCUT2D eigenvalue weighted by Crippen LogP contribution is 2.26. The van der Waals surface area contributed by atoms with Crippen molar-refractivity contribution in [2.45, 2.75) is 45.3 Å². The van der Waals surface area contributed by atoms with Crippen molar-refractivity contribution >= 4 is 0 Å². The average molecular weight is 272 g/mol. The largest absolute Gasteiger partial charge is 0.329 e. The third-order valence-electron chi connectivity index (χ3n) is 4.10. The fraction of sp³-hybridized carbons (Fsp3) is 0.769. The number of imidazole rings is 1. The molecule has 2 heterocycles. The van der Waals surface area contributed by atoms with Crippen LogP contribution in [0.3, 0.4) is 0 Å². The van der Waals surface area contributed by atoms with Gasteiger partial charge in [-0.15, -0.1) is 0 Å². The van der Waals surface area contributed by atoms with Crippen molar-refractivity contribution < 1.29 is 8.78 Å². The lowest BCUT2D eigenvalue weighted by atomic mass is 9.89. The Kier molecular flexibility index (Phi) is 4.87. The van der Waals surface area contributed by atoms with Crippen LogP contribution >= 0.6 is 0 Å². The summed E-state index contributed by atoms with van der Waals surface area (Å²) in [6.07, 6.45) is 6.09. The summed E-state index contributed by atoms with van der Waals surface area (Å²) in [7, 11) is 0. The first kappa shape index (κ1) is 14.4. The summed E-state index contributed by atoms with van der Waals surface area (Å²) in [5.74, 6) is 1.13. The third-order valence-corrected chi connectivity index (χ3v) is 4.10. The molecule has 0 saturated carbocycles. The van der Waals surface area contributed by atoms with Crippen LogP contribution in [0.4, 0.5) is 8.78 Å². The molecule has 2 unspecified atom stereocenters. The Morgan fingerprint density at radius 3 is 2.95 bits per heavy atom. The highest BCUT2D eigenvalue weighted by Gasteiger charge is 2.28. The Bertz CT molecular complexity index is 394. The maximum atomic E-state index is 12.8. The van der Waals surface area contributed by atoms with E-state index in [4.69, 9.17) is 5.73 Å². The van der Waals surface area contributed by atoms with Crippen LogP contribution in [0.5, 0.6) is 0 Å². The van der Waals surface area contributed by atoms with E-state index in [0.717, 1.165) is 30.4 Å². The first-order valence-electron chi connectivity index (χ1n) is 6.89. The molecule has 108 valence electrons. The number of aromatic nitrogens is 2. The van der Waals surface area contributed by atoms with Gasteiger partial charge in [-0.2, -0.15) is 8.78 Å². The maximum Gasteiger partial charge on any atom is 0.319 e. The molecule has 0 spiro atoms. The first-order valence-corrected chi connectivity index (χ1v) is 6.89. The summed E-state index contributed by atoms with van der Waals surface area (Å²) in [5.41, 5.74) is 5.82. The average Bonchev–Trinajstić information content (AvgIpc) is 2.87. The Balaban J connectivity index is 2.03. The molecule has 0 aliphatic carbocycles. The first-order chi connectivity index (χ1) is 9.15. The molecule has 2 N–H and O–H groups in total. The molecule has 0 bridgehead atoms. The summed E-state index contributed by atoms with van der Waals surface area (Å²) in [6, 6.07) is 0.279. The molecule has 1 saturated heterocycles. The zero-order valence-corrected chi connectivity index (χ0v) is 11.3. The molecular formula is C13H22F2N4. The van der Waals surface area contributed by atoms with Gasteiger partial charge in [0, 0.05) is 25.0 Å². The smallest absolute Gasteiger partial charge is 0.319 e. The van der Waals surface area contributed by atoms with Gasteiger partial charge in [0.1, 0.15) is 5.82 Å². The van der Waals surface area contributed by atoms with E-state index in [-0.39, 0.29) is 6.04 Å². The number of halogens is 2. The van der Waals surface area contributed by atoms with E-state index < -0.39 is 6.55 Å². The van der Waals surface area contributed by atoms with Gasteiger partial charge in [0.05, 0.1) is 6.54 Å². The van der Waals surface area contributed by atoms with Crippen molar-refractivity contribution in [1.82, 2.24) is 14.5 Å². The lowest BCUT2D eigenvalue weighted by Crippen LogP contribution is -2.46. The van der Waals surface area contributed by atoms with Gasteiger partial charge in [0.25, 0.3) is 0 Å². The summed E-state index contributed by atoms with van der Waals surface area (Å²) >= 11 is 0. The molecular weight excluding hydrogens is 250 g/mol. The molecule has 1 aromatic rings. The van der Waals surface area contributed by atoms with Crippen LogP contribution in [-0.4, -0.2) is 33.6 Å². The number of hydrogen-bond donors (Lipinski definition) is 1. The van der Waals surface area contributed by atoms with Crippen LogP contribution in [0.25, 0.3) is 0 Å². The summed E-state index contributed by atoms with van der Waals surface area (Å²) < 4.78 is 26.5. The Morgan fingerprint density at radius 2 is 2.32 bits per heavy atom. The van der Waals surface area contributed by atoms with Crippen LogP contribution in [-0.2, 0) is 6.54 Å². The zero-order valence-electron chi connectivity index (χ0n) is 11.3. The predicted molar refractivity (Wildman–Crippen MR) is 69.7 cm³/mol. The fourth-order valence-corrected chi connectivity index (χ4v) is 2.83. The van der Waals surface area contributed by atoms with Crippen molar-refractivity contribution in [1.29, 1.82) is 0 Å². The van der Waals surface area contributed by atoms with Crippen molar-refractivity contribution in [3.05, 3.63) is 18.2 Å². The summed E-state index contributed by atoms with van der Waals surface area (Å²) in [4.78, 5) is 6.23. The number of alkyl halides is 2. The van der Waals surface area contributed by atoms with Gasteiger partial charge in [0.2, 0.25) is 0 Å². The molecule has 1 fully saturated rings. The minimum absolute atomic E-state index is 0.279. The second-order valence-electron chi connectivity index (χ2n) is 5.19. The van der Waals surface area contributed by atoms with Crippen LogP contribution in [0.15, 0.2) is 12.4 Å².